The molecule has 1 aliphatic carbocycles. The first-order chi connectivity index (χ1) is 17.1. The predicted molar refractivity (Wildman–Crippen MR) is 128 cm³/mol. The highest BCUT2D eigenvalue weighted by Crippen LogP contribution is 2.32. The summed E-state index contributed by atoms with van der Waals surface area (Å²) in [5.74, 6) is 1.35. The Bertz CT molecular complexity index is 1480. The van der Waals surface area contributed by atoms with E-state index in [4.69, 9.17) is 10.2 Å². The highest BCUT2D eigenvalue weighted by Gasteiger charge is 2.30. The lowest BCUT2D eigenvalue weighted by atomic mass is 9.82. The number of benzene rings is 1. The minimum absolute atomic E-state index is 0.0561. The van der Waals surface area contributed by atoms with Gasteiger partial charge in [-0.15, -0.1) is 5.10 Å². The van der Waals surface area contributed by atoms with Gasteiger partial charge in [-0.3, -0.25) is 4.79 Å². The summed E-state index contributed by atoms with van der Waals surface area (Å²) in [7, 11) is 0. The third-order valence-corrected chi connectivity index (χ3v) is 6.77. The van der Waals surface area contributed by atoms with Crippen LogP contribution in [0, 0.1) is 5.92 Å². The molecule has 0 radical (unpaired) electrons. The fourth-order valence-corrected chi connectivity index (χ4v) is 4.97. The Hall–Kier alpha value is -4.05. The van der Waals surface area contributed by atoms with Crippen LogP contribution in [0.15, 0.2) is 59.3 Å². The third kappa shape index (κ3) is 3.85. The largest absolute Gasteiger partial charge is 0.461 e. The molecule has 178 valence electrons. The Balaban J connectivity index is 1.44. The van der Waals surface area contributed by atoms with Crippen LogP contribution < -0.4 is 5.73 Å². The van der Waals surface area contributed by atoms with Crippen LogP contribution in [-0.4, -0.2) is 46.4 Å². The molecule has 10 nitrogen and oxygen atoms in total. The number of nitrogens with two attached hydrogens (primary N) is 1. The zero-order chi connectivity index (χ0) is 23.9. The van der Waals surface area contributed by atoms with Crippen LogP contribution in [0.25, 0.3) is 28.3 Å². The molecule has 1 aromatic carbocycles. The molecular weight excluding hydrogens is 446 g/mol. The lowest BCUT2D eigenvalue weighted by molar-refractivity contribution is -0.122. The van der Waals surface area contributed by atoms with Crippen molar-refractivity contribution < 1.29 is 14.3 Å². The van der Waals surface area contributed by atoms with E-state index in [-0.39, 0.29) is 23.8 Å². The van der Waals surface area contributed by atoms with Gasteiger partial charge in [0.1, 0.15) is 6.04 Å². The molecular formula is C25H25N7O3. The van der Waals surface area contributed by atoms with E-state index < -0.39 is 6.04 Å². The first-order valence-corrected chi connectivity index (χ1v) is 11.8. The van der Waals surface area contributed by atoms with Crippen molar-refractivity contribution in [3.05, 3.63) is 60.5 Å². The first-order valence-electron chi connectivity index (χ1n) is 11.8. The molecule has 0 unspecified atom stereocenters. The number of aliphatic hydroxyl groups is 1. The molecule has 4 heterocycles. The lowest BCUT2D eigenvalue weighted by Gasteiger charge is -2.26. The molecule has 1 atom stereocenters. The van der Waals surface area contributed by atoms with Gasteiger partial charge in [-0.25, -0.2) is 9.67 Å². The van der Waals surface area contributed by atoms with Crippen molar-refractivity contribution in [2.24, 2.45) is 5.92 Å². The maximum atomic E-state index is 13.7. The van der Waals surface area contributed by atoms with Crippen molar-refractivity contribution in [2.45, 2.75) is 44.2 Å². The highest BCUT2D eigenvalue weighted by molar-refractivity contribution is 5.93. The molecule has 0 aliphatic heterocycles. The van der Waals surface area contributed by atoms with E-state index >= 15 is 0 Å². The smallest absolute Gasteiger partial charge is 0.225 e. The van der Waals surface area contributed by atoms with Crippen LogP contribution in [0.5, 0.6) is 0 Å². The van der Waals surface area contributed by atoms with Crippen LogP contribution in [0.2, 0.25) is 0 Å². The van der Waals surface area contributed by atoms with Gasteiger partial charge in [0.2, 0.25) is 11.8 Å². The highest BCUT2D eigenvalue weighted by atomic mass is 16.3. The molecule has 0 saturated heterocycles. The Morgan fingerprint density at radius 3 is 2.63 bits per heavy atom. The second kappa shape index (κ2) is 8.62. The summed E-state index contributed by atoms with van der Waals surface area (Å²) < 4.78 is 8.53. The van der Waals surface area contributed by atoms with Gasteiger partial charge >= 0.3 is 0 Å². The molecule has 6 rings (SSSR count). The zero-order valence-electron chi connectivity index (χ0n) is 19.0. The first kappa shape index (κ1) is 21.5. The Morgan fingerprint density at radius 1 is 1.09 bits per heavy atom. The number of fused-ring (bicyclic) bond motifs is 3. The molecule has 1 saturated carbocycles. The molecule has 10 heteroatoms. The van der Waals surface area contributed by atoms with Crippen molar-refractivity contribution in [2.75, 3.05) is 5.73 Å². The van der Waals surface area contributed by atoms with Gasteiger partial charge in [0, 0.05) is 6.42 Å². The number of furan rings is 1. The van der Waals surface area contributed by atoms with Gasteiger partial charge in [0.25, 0.3) is 0 Å². The molecule has 0 spiro atoms. The van der Waals surface area contributed by atoms with Gasteiger partial charge in [-0.2, -0.15) is 14.6 Å². The lowest BCUT2D eigenvalue weighted by Crippen LogP contribution is -2.27. The van der Waals surface area contributed by atoms with Crippen LogP contribution in [0.3, 0.4) is 0 Å². The predicted octanol–water partition coefficient (Wildman–Crippen LogP) is 3.42. The topological polar surface area (TPSA) is 137 Å². The van der Waals surface area contributed by atoms with Crippen LogP contribution in [0.1, 0.15) is 43.7 Å². The van der Waals surface area contributed by atoms with E-state index in [2.05, 4.69) is 20.2 Å². The molecule has 1 fully saturated rings. The van der Waals surface area contributed by atoms with Gasteiger partial charge < -0.3 is 15.3 Å². The number of aliphatic hydroxyl groups excluding tert-OH is 1. The number of rotatable bonds is 6. The maximum Gasteiger partial charge on any atom is 0.225 e. The number of carbonyl (C=O) groups is 1. The molecule has 0 amide bonds. The fraction of sp³-hybridized carbons (Fsp3) is 0.320. The van der Waals surface area contributed by atoms with E-state index in [1.807, 2.05) is 30.3 Å². The maximum absolute atomic E-state index is 13.7. The number of nitrogens with zero attached hydrogens (tertiary/aromatic N) is 6. The molecule has 1 aliphatic rings. The molecule has 35 heavy (non-hydrogen) atoms. The molecule has 4 aromatic heterocycles. The van der Waals surface area contributed by atoms with Gasteiger partial charge in [0.15, 0.2) is 22.8 Å². The Kier molecular flexibility index (Phi) is 5.29. The minimum Gasteiger partial charge on any atom is -0.461 e. The second-order valence-corrected chi connectivity index (χ2v) is 9.10. The summed E-state index contributed by atoms with van der Waals surface area (Å²) in [5.41, 5.74) is 8.05. The average Bonchev–Trinajstić information content (AvgIpc) is 3.62. The summed E-state index contributed by atoms with van der Waals surface area (Å²) in [4.78, 5) is 22.9. The van der Waals surface area contributed by atoms with E-state index in [1.54, 1.807) is 29.3 Å². The Morgan fingerprint density at radius 2 is 1.89 bits per heavy atom. The normalized spacial score (nSPS) is 19.3. The third-order valence-electron chi connectivity index (χ3n) is 6.77. The van der Waals surface area contributed by atoms with Crippen molar-refractivity contribution in [3.8, 4) is 11.6 Å². The minimum atomic E-state index is -0.651. The summed E-state index contributed by atoms with van der Waals surface area (Å²) in [6.45, 7) is 0. The van der Waals surface area contributed by atoms with Crippen molar-refractivity contribution >= 4 is 28.4 Å². The monoisotopic (exact) mass is 471 g/mol. The summed E-state index contributed by atoms with van der Waals surface area (Å²) in [6, 6.07) is 12.5. The molecule has 0 bridgehead atoms. The standard InChI is InChI=1S/C25H25N7O3/c26-25-29-24-18(23-28-22(30-32(23)25)20-7-4-12-35-20)14-27-31(24)21(16-5-2-1-3-6-16)19(34)13-15-8-10-17(33)11-9-15/h1-7,12,14-15,17,21,33H,8-11,13H2,(H2,26,29)/t15?,17?,21-/m0/s1. The summed E-state index contributed by atoms with van der Waals surface area (Å²) >= 11 is 0. The number of Topliss-reactive ketones (excluding diaryl/α,β-unsaturated/α-hetero) is 1. The van der Waals surface area contributed by atoms with Crippen molar-refractivity contribution in [1.29, 1.82) is 0 Å². The number of hydrogen-bond donors (Lipinski definition) is 2. The van der Waals surface area contributed by atoms with Crippen molar-refractivity contribution in [3.63, 3.8) is 0 Å². The second-order valence-electron chi connectivity index (χ2n) is 9.10. The van der Waals surface area contributed by atoms with Gasteiger partial charge in [-0.1, -0.05) is 30.3 Å². The SMILES string of the molecule is Nc1nc2c(cnn2[C@H](C(=O)CC2CCC(O)CC2)c2ccccc2)c2nc(-c3ccco3)nn12. The van der Waals surface area contributed by atoms with E-state index in [0.29, 0.717) is 34.7 Å². The number of hydrogen-bond acceptors (Lipinski definition) is 8. The number of carbonyl (C=O) groups excluding carboxylic acids is 1. The van der Waals surface area contributed by atoms with Gasteiger partial charge in [-0.05, 0) is 49.3 Å². The fourth-order valence-electron chi connectivity index (χ4n) is 4.97. The van der Waals surface area contributed by atoms with Crippen molar-refractivity contribution in [1.82, 2.24) is 29.4 Å². The zero-order valence-corrected chi connectivity index (χ0v) is 19.0. The van der Waals surface area contributed by atoms with Crippen LogP contribution >= 0.6 is 0 Å². The summed E-state index contributed by atoms with van der Waals surface area (Å²) in [5, 5.41) is 19.5. The summed E-state index contributed by atoms with van der Waals surface area (Å²) in [6.07, 6.45) is 6.52. The number of aromatic nitrogens is 6. The van der Waals surface area contributed by atoms with E-state index in [1.165, 1.54) is 4.52 Å². The average molecular weight is 472 g/mol. The molecule has 3 N–H and O–H groups in total. The van der Waals surface area contributed by atoms with Crippen LogP contribution in [0.4, 0.5) is 5.95 Å². The molecule has 5 aromatic rings. The number of anilines is 1. The Labute approximate surface area is 200 Å². The van der Waals surface area contributed by atoms with E-state index in [0.717, 1.165) is 31.2 Å². The van der Waals surface area contributed by atoms with Crippen LogP contribution in [-0.2, 0) is 4.79 Å². The van der Waals surface area contributed by atoms with E-state index in [9.17, 15) is 9.90 Å². The van der Waals surface area contributed by atoms with Gasteiger partial charge in [0.05, 0.1) is 24.0 Å². The number of ketones is 1. The quantitative estimate of drug-likeness (QED) is 0.384. The number of nitrogen functional groups attached to an aromatic ring is 1.